The Morgan fingerprint density at radius 1 is 0.206 bits per heavy atom. The van der Waals surface area contributed by atoms with Gasteiger partial charge in [0, 0.05) is 23.7 Å². The molecule has 102 heavy (non-hydrogen) atoms. The zero-order chi connectivity index (χ0) is 75.1. The second-order valence-electron chi connectivity index (χ2n) is 27.4. The normalized spacial score (nSPS) is 23.5. The minimum atomic E-state index is -5.64. The average molecular weight is 1500 g/mol. The molecule has 10 atom stereocenters. The van der Waals surface area contributed by atoms with Gasteiger partial charge in [-0.25, -0.2) is 132 Å². The summed E-state index contributed by atoms with van der Waals surface area (Å²) in [6.07, 6.45) is -1.99. The average Bonchev–Trinajstić information content (AvgIpc) is 0.685. The van der Waals surface area contributed by atoms with Gasteiger partial charge >= 0.3 is 12.6 Å². The molecule has 34 heteroatoms. The van der Waals surface area contributed by atoms with E-state index in [1.54, 1.807) is 0 Å². The van der Waals surface area contributed by atoms with Crippen molar-refractivity contribution in [3.05, 3.63) is 175 Å². The van der Waals surface area contributed by atoms with Crippen molar-refractivity contribution < 1.29 is 141 Å². The lowest BCUT2D eigenvalue weighted by Gasteiger charge is -2.63. The van der Waals surface area contributed by atoms with Crippen LogP contribution >= 0.6 is 0 Å². The molecule has 6 aliphatic rings. The second kappa shape index (κ2) is 30.0. The standard InChI is InChI=1S/2C31H23BF15N.C6H14/c2*33-17-14(18(34)24(40)29(45)23(17)39)32(15-19(35)25(41)30(46)26(42)20(15)36,16-21(37)27(43)31(47)28(44)22(16)38)48-12-7-3-1-5-10(12)9-11-6-2-4-8-13(11)48;1-3-5-6-4-2/h2*10-13,48H,1-9H2;3-6H2,1-2H3/t2*10-,11+,12-,13+;. The summed E-state index contributed by atoms with van der Waals surface area (Å²) in [4.78, 5) is -1.57. The summed E-state index contributed by atoms with van der Waals surface area (Å²) in [5.74, 6) is -90.6. The van der Waals surface area contributed by atoms with E-state index in [0.717, 1.165) is 0 Å². The van der Waals surface area contributed by atoms with E-state index >= 15 is 105 Å². The van der Waals surface area contributed by atoms with Crippen molar-refractivity contribution in [3.8, 4) is 0 Å². The third-order valence-electron chi connectivity index (χ3n) is 22.6. The number of nitrogens with one attached hydrogen (secondary N) is 2. The van der Waals surface area contributed by atoms with Gasteiger partial charge in [-0.2, -0.15) is 0 Å². The molecule has 2 unspecified atom stereocenters. The lowest BCUT2D eigenvalue weighted by molar-refractivity contribution is -0.870. The van der Waals surface area contributed by atoms with E-state index in [1.807, 2.05) is 0 Å². The summed E-state index contributed by atoms with van der Waals surface area (Å²) >= 11 is 0. The van der Waals surface area contributed by atoms with Gasteiger partial charge in [-0.1, -0.05) is 98.0 Å². The van der Waals surface area contributed by atoms with E-state index in [1.165, 1.54) is 25.7 Å². The molecule has 0 amide bonds. The van der Waals surface area contributed by atoms with Gasteiger partial charge in [0.2, 0.25) is 0 Å². The molecule has 6 aromatic carbocycles. The highest BCUT2D eigenvalue weighted by atomic mass is 19.2. The van der Waals surface area contributed by atoms with Crippen LogP contribution in [-0.4, -0.2) is 36.7 Å². The van der Waals surface area contributed by atoms with Gasteiger partial charge in [-0.3, -0.25) is 0 Å². The van der Waals surface area contributed by atoms with E-state index in [-0.39, 0.29) is 89.9 Å². The molecule has 6 aromatic rings. The first-order chi connectivity index (χ1) is 48.1. The molecule has 0 aromatic heterocycles. The van der Waals surface area contributed by atoms with Gasteiger partial charge in [0.1, 0.15) is 69.8 Å². The number of quaternary nitrogens is 2. The molecule has 4 aliphatic carbocycles. The molecule has 2 N–H and O–H groups in total. The minimum absolute atomic E-state index is 0.132. The van der Waals surface area contributed by atoms with Crippen molar-refractivity contribution in [3.63, 3.8) is 0 Å². The van der Waals surface area contributed by atoms with Crippen molar-refractivity contribution in [1.82, 2.24) is 0 Å². The Balaban J connectivity index is 0.000000203. The first-order valence-electron chi connectivity index (χ1n) is 33.3. The molecule has 2 saturated heterocycles. The van der Waals surface area contributed by atoms with Gasteiger partial charge in [0.05, 0.1) is 24.2 Å². The summed E-state index contributed by atoms with van der Waals surface area (Å²) < 4.78 is 463. The molecule has 2 heterocycles. The first-order valence-corrected chi connectivity index (χ1v) is 33.3. The van der Waals surface area contributed by atoms with Crippen LogP contribution in [0.25, 0.3) is 0 Å². The smallest absolute Gasteiger partial charge is 0.307 e. The molecule has 6 fully saturated rings. The predicted octanol–water partition coefficient (Wildman–Crippen LogP) is 14.9. The quantitative estimate of drug-likeness (QED) is 0.0421. The zero-order valence-electron chi connectivity index (χ0n) is 53.7. The molecule has 12 rings (SSSR count). The number of benzene rings is 6. The molecule has 558 valence electrons. The molecule has 2 nitrogen and oxygen atoms in total. The third kappa shape index (κ3) is 12.1. The summed E-state index contributed by atoms with van der Waals surface area (Å²) in [5.41, 5.74) is -14.9. The van der Waals surface area contributed by atoms with E-state index in [0.29, 0.717) is 25.7 Å². The van der Waals surface area contributed by atoms with Crippen LogP contribution in [-0.2, 0) is 0 Å². The van der Waals surface area contributed by atoms with Crippen LogP contribution in [0.3, 0.4) is 0 Å². The summed E-state index contributed by atoms with van der Waals surface area (Å²) in [7, 11) is 0. The van der Waals surface area contributed by atoms with Crippen LogP contribution in [0.5, 0.6) is 0 Å². The second-order valence-corrected chi connectivity index (χ2v) is 27.4. The Morgan fingerprint density at radius 3 is 0.471 bits per heavy atom. The Labute approximate surface area is 562 Å². The maximum Gasteiger partial charge on any atom is 0.307 e. The highest BCUT2D eigenvalue weighted by Gasteiger charge is 2.65. The predicted molar refractivity (Wildman–Crippen MR) is 311 cm³/mol. The fourth-order valence-corrected chi connectivity index (χ4v) is 18.7. The van der Waals surface area contributed by atoms with Crippen LogP contribution in [0.1, 0.15) is 155 Å². The van der Waals surface area contributed by atoms with Crippen molar-refractivity contribution in [2.75, 3.05) is 0 Å². The maximum atomic E-state index is 16.2. The molecule has 0 bridgehead atoms. The van der Waals surface area contributed by atoms with E-state index in [9.17, 15) is 26.3 Å². The third-order valence-corrected chi connectivity index (χ3v) is 22.6. The molecular formula is C68H60B2F30N2. The topological polar surface area (TPSA) is 8.88 Å². The van der Waals surface area contributed by atoms with E-state index < -0.39 is 277 Å². The Bertz CT molecular complexity index is 3450. The van der Waals surface area contributed by atoms with Gasteiger partial charge in [-0.05, 0) is 89.9 Å². The number of rotatable bonds is 11. The van der Waals surface area contributed by atoms with Crippen molar-refractivity contribution >= 4 is 45.3 Å². The number of unbranched alkanes of at least 4 members (excludes halogenated alkanes) is 3. The van der Waals surface area contributed by atoms with Crippen molar-refractivity contribution in [2.24, 2.45) is 23.7 Å². The Kier molecular flexibility index (Phi) is 22.9. The summed E-state index contributed by atoms with van der Waals surface area (Å²) in [6, 6.07) is -5.23. The largest absolute Gasteiger partial charge is 0.509 e. The first kappa shape index (κ1) is 77.9. The minimum Gasteiger partial charge on any atom is -0.509 e. The molecule has 0 spiro atoms. The highest BCUT2D eigenvalue weighted by molar-refractivity contribution is 7.06. The van der Waals surface area contributed by atoms with E-state index in [2.05, 4.69) is 13.8 Å². The highest BCUT2D eigenvalue weighted by Crippen LogP contribution is 2.43. The van der Waals surface area contributed by atoms with Crippen LogP contribution in [0.4, 0.5) is 132 Å². The van der Waals surface area contributed by atoms with Crippen molar-refractivity contribution in [2.45, 2.75) is 179 Å². The van der Waals surface area contributed by atoms with Gasteiger partial charge < -0.3 is 9.62 Å². The van der Waals surface area contributed by atoms with Gasteiger partial charge in [-0.15, -0.1) is 0 Å². The zero-order valence-corrected chi connectivity index (χ0v) is 53.7. The number of halogens is 30. The van der Waals surface area contributed by atoms with Crippen LogP contribution in [0.15, 0.2) is 0 Å². The monoisotopic (exact) mass is 1500 g/mol. The van der Waals surface area contributed by atoms with Gasteiger partial charge in [0.15, 0.2) is 105 Å². The maximum absolute atomic E-state index is 16.2. The Hall–Kier alpha value is -6.73. The lowest BCUT2D eigenvalue weighted by Crippen LogP contribution is -3.36. The SMILES string of the molecule is CCCCCC.Fc1c(F)c(F)c([B-](c2c(F)c(F)c(F)c(F)c2F)(c2c(F)c(F)c(F)c(F)c2F)[NH+]2[C@@H]3CCCC[C@@H]3C[C@@H]3CCCC[C@@H]32)c(F)c1F.Fc1c(F)c(F)c([B-](c2c(F)c(F)c(F)c(F)c2F)(c2c(F)c(F)c(F)c(F)c2F)[NH+]2[C@@H]3CCCC[C@@H]3C[C@@H]3CCCC[C@@H]32)c(F)c1F. The van der Waals surface area contributed by atoms with Crippen molar-refractivity contribution in [1.29, 1.82) is 0 Å². The van der Waals surface area contributed by atoms with E-state index in [4.69, 9.17) is 0 Å². The van der Waals surface area contributed by atoms with Crippen LogP contribution < -0.4 is 42.4 Å². The molecule has 0 radical (unpaired) electrons. The molecular weight excluding hydrogens is 1440 g/mol. The lowest BCUT2D eigenvalue weighted by atomic mass is 9.21. The summed E-state index contributed by atoms with van der Waals surface area (Å²) in [6.45, 7) is 4.46. The number of piperidine rings is 2. The molecule has 2 aliphatic heterocycles. The number of hydrogen-bond acceptors (Lipinski definition) is 0. The van der Waals surface area contributed by atoms with Crippen LogP contribution in [0.2, 0.25) is 0 Å². The summed E-state index contributed by atoms with van der Waals surface area (Å²) in [5, 5.41) is 0. The fraction of sp³-hybridized carbons (Fsp3) is 0.471. The Morgan fingerprint density at radius 2 is 0.333 bits per heavy atom. The molecule has 4 saturated carbocycles. The van der Waals surface area contributed by atoms with Crippen LogP contribution in [0, 0.1) is 198 Å². The number of fused-ring (bicyclic) bond motifs is 4. The van der Waals surface area contributed by atoms with Gasteiger partial charge in [0.25, 0.3) is 0 Å². The number of hydrogen-bond donors (Lipinski definition) is 2. The fourth-order valence-electron chi connectivity index (χ4n) is 18.7.